The molecule has 1 saturated heterocycles. The molecule has 0 spiro atoms. The van der Waals surface area contributed by atoms with Crippen molar-refractivity contribution in [1.82, 2.24) is 5.32 Å². The van der Waals surface area contributed by atoms with Gasteiger partial charge >= 0.3 is 0 Å². The molecule has 17 heavy (non-hydrogen) atoms. The highest BCUT2D eigenvalue weighted by atomic mass is 16.5. The number of ether oxygens (including phenoxy) is 1. The molecule has 0 amide bonds. The maximum absolute atomic E-state index is 10.4. The van der Waals surface area contributed by atoms with Gasteiger partial charge in [0.15, 0.2) is 0 Å². The Morgan fingerprint density at radius 2 is 2.18 bits per heavy atom. The van der Waals surface area contributed by atoms with E-state index < -0.39 is 6.10 Å². The minimum atomic E-state index is -0.481. The van der Waals surface area contributed by atoms with Gasteiger partial charge in [0, 0.05) is 11.6 Å². The summed E-state index contributed by atoms with van der Waals surface area (Å²) in [6.07, 6.45) is 1.68. The number of aliphatic hydroxyl groups is 1. The summed E-state index contributed by atoms with van der Waals surface area (Å²) in [5, 5.41) is 13.8. The Bertz CT molecular complexity index is 397. The summed E-state index contributed by atoms with van der Waals surface area (Å²) < 4.78 is 5.42. The molecule has 94 valence electrons. The number of hydrogen-bond donors (Lipinski definition) is 2. The Morgan fingerprint density at radius 3 is 2.76 bits per heavy atom. The molecule has 2 unspecified atom stereocenters. The first-order valence-electron chi connectivity index (χ1n) is 6.20. The zero-order valence-electron chi connectivity index (χ0n) is 10.8. The van der Waals surface area contributed by atoms with Gasteiger partial charge in [-0.25, -0.2) is 0 Å². The van der Waals surface area contributed by atoms with Gasteiger partial charge in [-0.05, 0) is 44.9 Å². The Kier molecular flexibility index (Phi) is 3.69. The van der Waals surface area contributed by atoms with E-state index in [-0.39, 0.29) is 6.04 Å². The average Bonchev–Trinajstić information content (AvgIpc) is 2.80. The molecule has 0 radical (unpaired) electrons. The lowest BCUT2D eigenvalue weighted by Crippen LogP contribution is -2.29. The SMILES string of the molecule is COc1c(C)cc(C)cc1C(O)C1CCCN1. The van der Waals surface area contributed by atoms with Crippen molar-refractivity contribution in [2.75, 3.05) is 13.7 Å². The summed E-state index contributed by atoms with van der Waals surface area (Å²) in [6.45, 7) is 5.06. The summed E-state index contributed by atoms with van der Waals surface area (Å²) in [5.74, 6) is 0.816. The van der Waals surface area contributed by atoms with Gasteiger partial charge in [-0.3, -0.25) is 0 Å². The molecule has 3 heteroatoms. The molecular formula is C14H21NO2. The molecule has 3 nitrogen and oxygen atoms in total. The smallest absolute Gasteiger partial charge is 0.127 e. The van der Waals surface area contributed by atoms with E-state index in [1.54, 1.807) is 7.11 Å². The van der Waals surface area contributed by atoms with Crippen LogP contribution in [-0.2, 0) is 0 Å². The van der Waals surface area contributed by atoms with Crippen LogP contribution < -0.4 is 10.1 Å². The molecule has 0 bridgehead atoms. The van der Waals surface area contributed by atoms with Gasteiger partial charge in [-0.1, -0.05) is 11.6 Å². The number of nitrogens with one attached hydrogen (secondary N) is 1. The predicted octanol–water partition coefficient (Wildman–Crippen LogP) is 2.10. The van der Waals surface area contributed by atoms with E-state index in [1.165, 1.54) is 0 Å². The lowest BCUT2D eigenvalue weighted by molar-refractivity contribution is 0.134. The van der Waals surface area contributed by atoms with Crippen LogP contribution in [0, 0.1) is 13.8 Å². The van der Waals surface area contributed by atoms with E-state index in [1.807, 2.05) is 19.9 Å². The fourth-order valence-electron chi connectivity index (χ4n) is 2.68. The van der Waals surface area contributed by atoms with Crippen LogP contribution in [-0.4, -0.2) is 24.8 Å². The Labute approximate surface area is 103 Å². The second-order valence-electron chi connectivity index (χ2n) is 4.85. The van der Waals surface area contributed by atoms with Crippen LogP contribution in [0.3, 0.4) is 0 Å². The van der Waals surface area contributed by atoms with Crippen molar-refractivity contribution in [3.8, 4) is 5.75 Å². The highest BCUT2D eigenvalue weighted by molar-refractivity contribution is 5.45. The molecule has 1 aliphatic rings. The van der Waals surface area contributed by atoms with E-state index in [0.717, 1.165) is 41.8 Å². The van der Waals surface area contributed by atoms with Crippen molar-refractivity contribution >= 4 is 0 Å². The molecule has 1 aromatic carbocycles. The largest absolute Gasteiger partial charge is 0.496 e. The van der Waals surface area contributed by atoms with Gasteiger partial charge in [-0.2, -0.15) is 0 Å². The van der Waals surface area contributed by atoms with Crippen molar-refractivity contribution in [3.05, 3.63) is 28.8 Å². The van der Waals surface area contributed by atoms with E-state index >= 15 is 0 Å². The standard InChI is InChI=1S/C14H21NO2/c1-9-7-10(2)14(17-3)11(8-9)13(16)12-5-4-6-15-12/h7-8,12-13,15-16H,4-6H2,1-3H3. The Balaban J connectivity index is 2.35. The van der Waals surface area contributed by atoms with Crippen molar-refractivity contribution < 1.29 is 9.84 Å². The predicted molar refractivity (Wildman–Crippen MR) is 68.5 cm³/mol. The van der Waals surface area contributed by atoms with E-state index in [0.29, 0.717) is 0 Å². The van der Waals surface area contributed by atoms with Crippen LogP contribution >= 0.6 is 0 Å². The summed E-state index contributed by atoms with van der Waals surface area (Å²) in [7, 11) is 1.66. The molecule has 1 heterocycles. The molecule has 1 fully saturated rings. The first-order chi connectivity index (χ1) is 8.13. The Morgan fingerprint density at radius 1 is 1.41 bits per heavy atom. The topological polar surface area (TPSA) is 41.5 Å². The molecule has 0 saturated carbocycles. The minimum Gasteiger partial charge on any atom is -0.496 e. The maximum atomic E-state index is 10.4. The monoisotopic (exact) mass is 235 g/mol. The first-order valence-corrected chi connectivity index (χ1v) is 6.20. The molecule has 0 aliphatic carbocycles. The third-order valence-electron chi connectivity index (χ3n) is 3.45. The highest BCUT2D eigenvalue weighted by Gasteiger charge is 2.26. The Hall–Kier alpha value is -1.06. The van der Waals surface area contributed by atoms with E-state index in [4.69, 9.17) is 4.74 Å². The van der Waals surface area contributed by atoms with Crippen LogP contribution in [0.2, 0.25) is 0 Å². The third kappa shape index (κ3) is 2.45. The summed E-state index contributed by atoms with van der Waals surface area (Å²) in [4.78, 5) is 0. The van der Waals surface area contributed by atoms with Crippen molar-refractivity contribution in [2.24, 2.45) is 0 Å². The number of rotatable bonds is 3. The molecule has 1 aromatic rings. The zero-order valence-corrected chi connectivity index (χ0v) is 10.8. The second-order valence-corrected chi connectivity index (χ2v) is 4.85. The zero-order chi connectivity index (χ0) is 12.4. The first kappa shape index (κ1) is 12.4. The van der Waals surface area contributed by atoms with Crippen LogP contribution in [0.4, 0.5) is 0 Å². The lowest BCUT2D eigenvalue weighted by Gasteiger charge is -2.22. The fraction of sp³-hybridized carbons (Fsp3) is 0.571. The third-order valence-corrected chi connectivity index (χ3v) is 3.45. The average molecular weight is 235 g/mol. The van der Waals surface area contributed by atoms with Gasteiger partial charge in [-0.15, -0.1) is 0 Å². The van der Waals surface area contributed by atoms with Crippen LogP contribution in [0.25, 0.3) is 0 Å². The molecule has 0 aromatic heterocycles. The fourth-order valence-corrected chi connectivity index (χ4v) is 2.68. The molecule has 1 aliphatic heterocycles. The summed E-state index contributed by atoms with van der Waals surface area (Å²) in [5.41, 5.74) is 3.15. The minimum absolute atomic E-state index is 0.157. The summed E-state index contributed by atoms with van der Waals surface area (Å²) in [6, 6.07) is 4.26. The normalized spacial score (nSPS) is 21.5. The van der Waals surface area contributed by atoms with Crippen molar-refractivity contribution in [2.45, 2.75) is 38.8 Å². The summed E-state index contributed by atoms with van der Waals surface area (Å²) >= 11 is 0. The molecular weight excluding hydrogens is 214 g/mol. The number of methoxy groups -OCH3 is 1. The maximum Gasteiger partial charge on any atom is 0.127 e. The van der Waals surface area contributed by atoms with Gasteiger partial charge in [0.2, 0.25) is 0 Å². The van der Waals surface area contributed by atoms with Gasteiger partial charge in [0.1, 0.15) is 5.75 Å². The highest BCUT2D eigenvalue weighted by Crippen LogP contribution is 2.33. The van der Waals surface area contributed by atoms with Crippen LogP contribution in [0.15, 0.2) is 12.1 Å². The van der Waals surface area contributed by atoms with E-state index in [2.05, 4.69) is 11.4 Å². The number of hydrogen-bond acceptors (Lipinski definition) is 3. The van der Waals surface area contributed by atoms with Gasteiger partial charge in [0.05, 0.1) is 13.2 Å². The molecule has 2 N–H and O–H groups in total. The van der Waals surface area contributed by atoms with Crippen molar-refractivity contribution in [1.29, 1.82) is 0 Å². The van der Waals surface area contributed by atoms with E-state index in [9.17, 15) is 5.11 Å². The number of aryl methyl sites for hydroxylation is 2. The quantitative estimate of drug-likeness (QED) is 0.843. The van der Waals surface area contributed by atoms with Crippen molar-refractivity contribution in [3.63, 3.8) is 0 Å². The lowest BCUT2D eigenvalue weighted by atomic mass is 9.96. The second kappa shape index (κ2) is 5.07. The van der Waals surface area contributed by atoms with Crippen LogP contribution in [0.5, 0.6) is 5.75 Å². The van der Waals surface area contributed by atoms with Gasteiger partial charge in [0.25, 0.3) is 0 Å². The number of aliphatic hydroxyl groups excluding tert-OH is 1. The molecule has 2 atom stereocenters. The van der Waals surface area contributed by atoms with Crippen LogP contribution in [0.1, 0.15) is 35.6 Å². The number of benzene rings is 1. The molecule has 2 rings (SSSR count). The van der Waals surface area contributed by atoms with Gasteiger partial charge < -0.3 is 15.2 Å².